The fourth-order valence-corrected chi connectivity index (χ4v) is 3.64. The average Bonchev–Trinajstić information content (AvgIpc) is 3.09. The molecule has 28 heavy (non-hydrogen) atoms. The Hall–Kier alpha value is -2.31. The summed E-state index contributed by atoms with van der Waals surface area (Å²) in [6.07, 6.45) is 0.950. The summed E-state index contributed by atoms with van der Waals surface area (Å²) in [5, 5.41) is 13.0. The molecule has 2 aromatic carbocycles. The third-order valence-electron chi connectivity index (χ3n) is 4.21. The number of aryl methyl sites for hydroxylation is 1. The average molecular weight is 415 g/mol. The van der Waals surface area contributed by atoms with Crippen LogP contribution in [-0.4, -0.2) is 26.4 Å². The van der Waals surface area contributed by atoms with Gasteiger partial charge in [-0.3, -0.25) is 4.79 Å². The first-order valence-corrected chi connectivity index (χ1v) is 10.6. The number of amides is 1. The number of hydrogen-bond donors (Lipinski definition) is 1. The van der Waals surface area contributed by atoms with E-state index in [9.17, 15) is 4.79 Å². The maximum Gasteiger partial charge on any atom is 0.230 e. The second-order valence-corrected chi connectivity index (χ2v) is 7.89. The highest BCUT2D eigenvalue weighted by Crippen LogP contribution is 2.25. The molecule has 0 spiro atoms. The van der Waals surface area contributed by atoms with Crippen LogP contribution in [0, 0.1) is 6.92 Å². The van der Waals surface area contributed by atoms with Gasteiger partial charge in [-0.2, -0.15) is 0 Å². The molecule has 0 bridgehead atoms. The van der Waals surface area contributed by atoms with Crippen molar-refractivity contribution in [3.05, 3.63) is 64.7 Å². The molecule has 1 heterocycles. The summed E-state index contributed by atoms with van der Waals surface area (Å²) < 4.78 is 2.06. The number of benzene rings is 2. The van der Waals surface area contributed by atoms with Gasteiger partial charge in [0.2, 0.25) is 5.91 Å². The number of nitrogens with zero attached hydrogens (tertiary/aromatic N) is 3. The van der Waals surface area contributed by atoms with Crippen LogP contribution in [0.25, 0.3) is 11.4 Å². The quantitative estimate of drug-likeness (QED) is 0.541. The summed E-state index contributed by atoms with van der Waals surface area (Å²) in [5.74, 6) is 1.07. The zero-order chi connectivity index (χ0) is 19.9. The molecular formula is C21H23ClN4OS. The Kier molecular flexibility index (Phi) is 7.12. The predicted octanol–water partition coefficient (Wildman–Crippen LogP) is 4.73. The van der Waals surface area contributed by atoms with Crippen molar-refractivity contribution in [1.29, 1.82) is 0 Å². The Morgan fingerprint density at radius 2 is 1.82 bits per heavy atom. The van der Waals surface area contributed by atoms with Gasteiger partial charge in [-0.05, 0) is 43.2 Å². The molecule has 0 aliphatic carbocycles. The van der Waals surface area contributed by atoms with E-state index in [-0.39, 0.29) is 5.91 Å². The first-order chi connectivity index (χ1) is 13.6. The molecule has 3 rings (SSSR count). The van der Waals surface area contributed by atoms with Crippen molar-refractivity contribution in [3.8, 4) is 11.4 Å². The molecule has 3 aromatic rings. The zero-order valence-corrected chi connectivity index (χ0v) is 17.6. The number of aromatic nitrogens is 3. The number of rotatable bonds is 8. The largest absolute Gasteiger partial charge is 0.351 e. The van der Waals surface area contributed by atoms with Gasteiger partial charge in [0.15, 0.2) is 11.0 Å². The summed E-state index contributed by atoms with van der Waals surface area (Å²) in [7, 11) is 0. The van der Waals surface area contributed by atoms with Gasteiger partial charge in [0, 0.05) is 23.7 Å². The van der Waals surface area contributed by atoms with E-state index < -0.39 is 0 Å². The number of halogens is 1. The van der Waals surface area contributed by atoms with Crippen LogP contribution in [0.5, 0.6) is 0 Å². The van der Waals surface area contributed by atoms with E-state index in [0.29, 0.717) is 17.3 Å². The van der Waals surface area contributed by atoms with Crippen LogP contribution in [0.4, 0.5) is 0 Å². The number of carbonyl (C=O) groups is 1. The summed E-state index contributed by atoms with van der Waals surface area (Å²) in [4.78, 5) is 12.2. The van der Waals surface area contributed by atoms with E-state index in [2.05, 4.69) is 27.0 Å². The zero-order valence-electron chi connectivity index (χ0n) is 16.0. The maximum atomic E-state index is 12.2. The highest BCUT2D eigenvalue weighted by Gasteiger charge is 2.15. The van der Waals surface area contributed by atoms with Crippen molar-refractivity contribution < 1.29 is 4.79 Å². The third-order valence-corrected chi connectivity index (χ3v) is 5.43. The normalized spacial score (nSPS) is 10.8. The van der Waals surface area contributed by atoms with Crippen LogP contribution in [0.1, 0.15) is 24.5 Å². The van der Waals surface area contributed by atoms with Crippen molar-refractivity contribution >= 4 is 29.3 Å². The van der Waals surface area contributed by atoms with E-state index in [1.165, 1.54) is 17.3 Å². The van der Waals surface area contributed by atoms with E-state index in [1.807, 2.05) is 55.5 Å². The molecule has 0 aliphatic rings. The predicted molar refractivity (Wildman–Crippen MR) is 115 cm³/mol. The fourth-order valence-electron chi connectivity index (χ4n) is 2.72. The topological polar surface area (TPSA) is 59.8 Å². The van der Waals surface area contributed by atoms with Crippen LogP contribution in [-0.2, 0) is 17.9 Å². The van der Waals surface area contributed by atoms with Crippen LogP contribution in [0.2, 0.25) is 5.02 Å². The minimum Gasteiger partial charge on any atom is -0.351 e. The van der Waals surface area contributed by atoms with Crippen molar-refractivity contribution in [2.75, 3.05) is 5.75 Å². The molecule has 7 heteroatoms. The lowest BCUT2D eigenvalue weighted by Crippen LogP contribution is -2.24. The van der Waals surface area contributed by atoms with Crippen molar-refractivity contribution in [2.24, 2.45) is 0 Å². The van der Waals surface area contributed by atoms with Crippen molar-refractivity contribution in [1.82, 2.24) is 20.1 Å². The lowest BCUT2D eigenvalue weighted by atomic mass is 10.1. The molecule has 0 aliphatic heterocycles. The Morgan fingerprint density at radius 3 is 2.50 bits per heavy atom. The second kappa shape index (κ2) is 9.75. The first kappa shape index (κ1) is 20.4. The lowest BCUT2D eigenvalue weighted by molar-refractivity contribution is -0.118. The van der Waals surface area contributed by atoms with E-state index in [0.717, 1.165) is 35.1 Å². The number of hydrogen-bond acceptors (Lipinski definition) is 4. The summed E-state index contributed by atoms with van der Waals surface area (Å²) in [6, 6.07) is 15.7. The molecule has 146 valence electrons. The highest BCUT2D eigenvalue weighted by atomic mass is 35.5. The molecule has 5 nitrogen and oxygen atoms in total. The molecule has 0 radical (unpaired) electrons. The molecule has 1 N–H and O–H groups in total. The van der Waals surface area contributed by atoms with Crippen LogP contribution in [0.15, 0.2) is 53.7 Å². The summed E-state index contributed by atoms with van der Waals surface area (Å²) >= 11 is 7.38. The molecular weight excluding hydrogens is 392 g/mol. The summed E-state index contributed by atoms with van der Waals surface area (Å²) in [5.41, 5.74) is 3.25. The highest BCUT2D eigenvalue weighted by molar-refractivity contribution is 7.99. The molecule has 0 atom stereocenters. The molecule has 1 aromatic heterocycles. The van der Waals surface area contributed by atoms with Crippen molar-refractivity contribution in [3.63, 3.8) is 0 Å². The minimum atomic E-state index is -0.0235. The van der Waals surface area contributed by atoms with Gasteiger partial charge in [-0.15, -0.1) is 10.2 Å². The minimum absolute atomic E-state index is 0.0235. The Morgan fingerprint density at radius 1 is 1.11 bits per heavy atom. The number of nitrogens with one attached hydrogen (secondary N) is 1. The fraction of sp³-hybridized carbons (Fsp3) is 0.286. The molecule has 0 unspecified atom stereocenters. The Balaban J connectivity index is 1.62. The number of carbonyl (C=O) groups excluding carboxylic acids is 1. The Labute approximate surface area is 174 Å². The van der Waals surface area contributed by atoms with Gasteiger partial charge >= 0.3 is 0 Å². The van der Waals surface area contributed by atoms with Gasteiger partial charge in [-0.25, -0.2) is 0 Å². The van der Waals surface area contributed by atoms with Gasteiger partial charge in [0.05, 0.1) is 5.75 Å². The van der Waals surface area contributed by atoms with Gasteiger partial charge in [0.25, 0.3) is 0 Å². The summed E-state index contributed by atoms with van der Waals surface area (Å²) in [6.45, 7) is 5.47. The SMILES string of the molecule is CCCn1c(SCC(=O)NCc2ccc(C)cc2)nnc1-c1ccc(Cl)cc1. The third kappa shape index (κ3) is 5.36. The monoisotopic (exact) mass is 414 g/mol. The van der Waals surface area contributed by atoms with Crippen molar-refractivity contribution in [2.45, 2.75) is 38.5 Å². The van der Waals surface area contributed by atoms with Crippen LogP contribution < -0.4 is 5.32 Å². The second-order valence-electron chi connectivity index (χ2n) is 6.52. The molecule has 1 amide bonds. The van der Waals surface area contributed by atoms with Gasteiger partial charge in [0.1, 0.15) is 0 Å². The van der Waals surface area contributed by atoms with E-state index in [4.69, 9.17) is 11.6 Å². The molecule has 0 fully saturated rings. The van der Waals surface area contributed by atoms with Crippen LogP contribution >= 0.6 is 23.4 Å². The number of thioether (sulfide) groups is 1. The molecule has 0 saturated carbocycles. The van der Waals surface area contributed by atoms with E-state index >= 15 is 0 Å². The van der Waals surface area contributed by atoms with Gasteiger partial charge < -0.3 is 9.88 Å². The molecule has 0 saturated heterocycles. The first-order valence-electron chi connectivity index (χ1n) is 9.21. The lowest BCUT2D eigenvalue weighted by Gasteiger charge is -2.09. The standard InChI is InChI=1S/C21H23ClN4OS/c1-3-12-26-20(17-8-10-18(22)11-9-17)24-25-21(26)28-14-19(27)23-13-16-6-4-15(2)5-7-16/h4-11H,3,12-14H2,1-2H3,(H,23,27). The van der Waals surface area contributed by atoms with Crippen LogP contribution in [0.3, 0.4) is 0 Å². The Bertz CT molecular complexity index is 923. The smallest absolute Gasteiger partial charge is 0.230 e. The maximum absolute atomic E-state index is 12.2. The van der Waals surface area contributed by atoms with E-state index in [1.54, 1.807) is 0 Å². The van der Waals surface area contributed by atoms with Gasteiger partial charge in [-0.1, -0.05) is 60.1 Å².